The van der Waals surface area contributed by atoms with E-state index in [2.05, 4.69) is 95.9 Å². The molecule has 2 heterocycles. The Bertz CT molecular complexity index is 921. The molecule has 1 spiro atoms. The number of hydrogen-bond acceptors (Lipinski definition) is 3. The average Bonchev–Trinajstić information content (AvgIpc) is 2.82. The molecule has 0 amide bonds. The summed E-state index contributed by atoms with van der Waals surface area (Å²) in [7, 11) is 0. The molecule has 154 valence electrons. The molecular formula is C27H29NO2. The van der Waals surface area contributed by atoms with Crippen LogP contribution in [0.5, 0.6) is 0 Å². The van der Waals surface area contributed by atoms with Gasteiger partial charge in [-0.25, -0.2) is 0 Å². The van der Waals surface area contributed by atoms with Gasteiger partial charge in [0.2, 0.25) is 0 Å². The SMILES string of the molecule is c1ccc(CN2CCOC3(CCC(c4ccccc4)CO3)C2c2ccccc2)cc1. The third-order valence-corrected chi connectivity index (χ3v) is 6.49. The van der Waals surface area contributed by atoms with Crippen molar-refractivity contribution in [3.05, 3.63) is 108 Å². The predicted molar refractivity (Wildman–Crippen MR) is 119 cm³/mol. The Balaban J connectivity index is 1.43. The van der Waals surface area contributed by atoms with E-state index >= 15 is 0 Å². The monoisotopic (exact) mass is 399 g/mol. The highest BCUT2D eigenvalue weighted by molar-refractivity contribution is 5.25. The van der Waals surface area contributed by atoms with Gasteiger partial charge in [0.05, 0.1) is 19.3 Å². The third-order valence-electron chi connectivity index (χ3n) is 6.49. The number of benzene rings is 3. The Morgan fingerprint density at radius 3 is 2.03 bits per heavy atom. The van der Waals surface area contributed by atoms with Crippen LogP contribution < -0.4 is 0 Å². The van der Waals surface area contributed by atoms with Crippen molar-refractivity contribution in [2.45, 2.75) is 37.1 Å². The molecule has 0 saturated carbocycles. The number of morpholine rings is 1. The van der Waals surface area contributed by atoms with Crippen molar-refractivity contribution >= 4 is 0 Å². The molecule has 30 heavy (non-hydrogen) atoms. The van der Waals surface area contributed by atoms with Crippen LogP contribution in [0.4, 0.5) is 0 Å². The molecule has 0 radical (unpaired) electrons. The molecule has 3 heteroatoms. The smallest absolute Gasteiger partial charge is 0.188 e. The van der Waals surface area contributed by atoms with Crippen molar-refractivity contribution in [1.29, 1.82) is 0 Å². The zero-order valence-corrected chi connectivity index (χ0v) is 17.3. The summed E-state index contributed by atoms with van der Waals surface area (Å²) < 4.78 is 13.1. The third kappa shape index (κ3) is 3.93. The van der Waals surface area contributed by atoms with Crippen LogP contribution in [0.2, 0.25) is 0 Å². The van der Waals surface area contributed by atoms with Crippen molar-refractivity contribution in [3.8, 4) is 0 Å². The normalized spacial score (nSPS) is 27.2. The summed E-state index contributed by atoms with van der Waals surface area (Å²) in [6.07, 6.45) is 1.98. The second-order valence-corrected chi connectivity index (χ2v) is 8.39. The summed E-state index contributed by atoms with van der Waals surface area (Å²) in [4.78, 5) is 2.54. The summed E-state index contributed by atoms with van der Waals surface area (Å²) in [5, 5.41) is 0. The summed E-state index contributed by atoms with van der Waals surface area (Å²) in [6, 6.07) is 32.3. The highest BCUT2D eigenvalue weighted by Gasteiger charge is 2.50. The molecule has 3 nitrogen and oxygen atoms in total. The maximum absolute atomic E-state index is 6.64. The van der Waals surface area contributed by atoms with Gasteiger partial charge in [0.1, 0.15) is 0 Å². The molecule has 3 unspecified atom stereocenters. The van der Waals surface area contributed by atoms with Crippen LogP contribution in [0.25, 0.3) is 0 Å². The lowest BCUT2D eigenvalue weighted by Crippen LogP contribution is -2.57. The van der Waals surface area contributed by atoms with E-state index in [0.717, 1.165) is 25.9 Å². The standard InChI is InChI=1S/C27H29NO2/c1-4-10-22(11-5-1)20-28-18-19-29-27(26(28)24-14-8-3-9-15-24)17-16-25(21-30-27)23-12-6-2-7-13-23/h1-15,25-26H,16-21H2. The molecule has 5 rings (SSSR count). The van der Waals surface area contributed by atoms with Crippen molar-refractivity contribution < 1.29 is 9.47 Å². The zero-order valence-electron chi connectivity index (χ0n) is 17.3. The summed E-state index contributed by atoms with van der Waals surface area (Å²) in [5.41, 5.74) is 3.96. The van der Waals surface area contributed by atoms with Crippen LogP contribution in [0.15, 0.2) is 91.0 Å². The lowest BCUT2D eigenvalue weighted by atomic mass is 9.84. The maximum atomic E-state index is 6.64. The molecule has 3 aromatic rings. The fourth-order valence-electron chi connectivity index (χ4n) is 5.00. The fourth-order valence-corrected chi connectivity index (χ4v) is 5.00. The van der Waals surface area contributed by atoms with E-state index in [1.807, 2.05) is 0 Å². The van der Waals surface area contributed by atoms with Gasteiger partial charge in [-0.1, -0.05) is 91.0 Å². The van der Waals surface area contributed by atoms with E-state index in [0.29, 0.717) is 19.1 Å². The minimum atomic E-state index is -0.584. The van der Waals surface area contributed by atoms with Gasteiger partial charge in [-0.3, -0.25) is 4.90 Å². The van der Waals surface area contributed by atoms with Crippen molar-refractivity contribution in [1.82, 2.24) is 4.90 Å². The van der Waals surface area contributed by atoms with Crippen LogP contribution in [0.1, 0.15) is 41.5 Å². The molecular weight excluding hydrogens is 370 g/mol. The van der Waals surface area contributed by atoms with Crippen molar-refractivity contribution in [2.24, 2.45) is 0 Å². The number of hydrogen-bond donors (Lipinski definition) is 0. The van der Waals surface area contributed by atoms with Crippen LogP contribution in [-0.4, -0.2) is 30.4 Å². The van der Waals surface area contributed by atoms with Crippen molar-refractivity contribution in [3.63, 3.8) is 0 Å². The topological polar surface area (TPSA) is 21.7 Å². The van der Waals surface area contributed by atoms with E-state index in [1.54, 1.807) is 0 Å². The molecule has 0 N–H and O–H groups in total. The van der Waals surface area contributed by atoms with Crippen LogP contribution in [-0.2, 0) is 16.0 Å². The van der Waals surface area contributed by atoms with Gasteiger partial charge in [-0.05, 0) is 23.1 Å². The minimum absolute atomic E-state index is 0.0874. The van der Waals surface area contributed by atoms with E-state index in [9.17, 15) is 0 Å². The van der Waals surface area contributed by atoms with E-state index in [-0.39, 0.29) is 6.04 Å². The van der Waals surface area contributed by atoms with Gasteiger partial charge in [0, 0.05) is 25.4 Å². The Kier molecular flexibility index (Phi) is 5.67. The zero-order chi connectivity index (χ0) is 20.2. The molecule has 0 bridgehead atoms. The van der Waals surface area contributed by atoms with Gasteiger partial charge >= 0.3 is 0 Å². The van der Waals surface area contributed by atoms with Crippen LogP contribution in [0, 0.1) is 0 Å². The lowest BCUT2D eigenvalue weighted by Gasteiger charge is -2.52. The largest absolute Gasteiger partial charge is 0.347 e. The van der Waals surface area contributed by atoms with Crippen molar-refractivity contribution in [2.75, 3.05) is 19.8 Å². The first-order valence-electron chi connectivity index (χ1n) is 11.0. The Hall–Kier alpha value is -2.46. The average molecular weight is 400 g/mol. The van der Waals surface area contributed by atoms with Crippen LogP contribution >= 0.6 is 0 Å². The molecule has 3 atom stereocenters. The maximum Gasteiger partial charge on any atom is 0.188 e. The lowest BCUT2D eigenvalue weighted by molar-refractivity contribution is -0.314. The Morgan fingerprint density at radius 1 is 0.767 bits per heavy atom. The van der Waals surface area contributed by atoms with E-state index < -0.39 is 5.79 Å². The summed E-state index contributed by atoms with van der Waals surface area (Å²) in [5.74, 6) is -0.152. The first kappa shape index (κ1) is 19.5. The molecule has 2 aliphatic rings. The summed E-state index contributed by atoms with van der Waals surface area (Å²) in [6.45, 7) is 3.21. The first-order valence-corrected chi connectivity index (χ1v) is 11.0. The molecule has 3 aromatic carbocycles. The molecule has 2 fully saturated rings. The number of nitrogens with zero attached hydrogens (tertiary/aromatic N) is 1. The predicted octanol–water partition coefficient (Wildman–Crippen LogP) is 5.55. The first-order chi connectivity index (χ1) is 14.8. The second-order valence-electron chi connectivity index (χ2n) is 8.39. The van der Waals surface area contributed by atoms with E-state index in [1.165, 1.54) is 16.7 Å². The fraction of sp³-hybridized carbons (Fsp3) is 0.333. The molecule has 0 aromatic heterocycles. The summed E-state index contributed by atoms with van der Waals surface area (Å²) >= 11 is 0. The molecule has 2 aliphatic heterocycles. The Morgan fingerprint density at radius 2 is 1.40 bits per heavy atom. The highest BCUT2D eigenvalue weighted by Crippen LogP contribution is 2.47. The second kappa shape index (κ2) is 8.73. The minimum Gasteiger partial charge on any atom is -0.347 e. The number of rotatable bonds is 4. The van der Waals surface area contributed by atoms with Gasteiger partial charge in [0.15, 0.2) is 5.79 Å². The van der Waals surface area contributed by atoms with Crippen LogP contribution in [0.3, 0.4) is 0 Å². The van der Waals surface area contributed by atoms with E-state index in [4.69, 9.17) is 9.47 Å². The van der Waals surface area contributed by atoms with Gasteiger partial charge in [-0.15, -0.1) is 0 Å². The van der Waals surface area contributed by atoms with Gasteiger partial charge in [0.25, 0.3) is 0 Å². The van der Waals surface area contributed by atoms with Gasteiger partial charge in [-0.2, -0.15) is 0 Å². The highest BCUT2D eigenvalue weighted by atomic mass is 16.7. The quantitative estimate of drug-likeness (QED) is 0.574. The number of ether oxygens (including phenoxy) is 2. The molecule has 2 saturated heterocycles. The Labute approximate surface area is 179 Å². The molecule has 0 aliphatic carbocycles. The van der Waals surface area contributed by atoms with Gasteiger partial charge < -0.3 is 9.47 Å².